The topological polar surface area (TPSA) is 36.0 Å². The lowest BCUT2D eigenvalue weighted by molar-refractivity contribution is -0.131. The van der Waals surface area contributed by atoms with Crippen LogP contribution in [0.15, 0.2) is 48.5 Å². The smallest absolute Gasteiger partial charge is 0.236 e. The van der Waals surface area contributed by atoms with E-state index >= 15 is 0 Å². The van der Waals surface area contributed by atoms with Gasteiger partial charge in [0.15, 0.2) is 0 Å². The van der Waals surface area contributed by atoms with Crippen LogP contribution < -0.4 is 9.64 Å². The maximum Gasteiger partial charge on any atom is 0.236 e. The minimum atomic E-state index is -0.220. The summed E-state index contributed by atoms with van der Waals surface area (Å²) in [6.45, 7) is 4.27. The number of hydrogen-bond donors (Lipinski definition) is 0. The third-order valence-electron chi connectivity index (χ3n) is 4.90. The number of anilines is 1. The summed E-state index contributed by atoms with van der Waals surface area (Å²) in [5.41, 5.74) is 2.07. The average Bonchev–Trinajstić information content (AvgIpc) is 2.69. The van der Waals surface area contributed by atoms with Gasteiger partial charge in [-0.2, -0.15) is 0 Å². The molecular weight excluding hydrogens is 345 g/mol. The molecule has 1 aliphatic heterocycles. The number of benzene rings is 2. The predicted octanol–water partition coefficient (Wildman–Crippen LogP) is 2.61. The number of methoxy groups -OCH3 is 1. The van der Waals surface area contributed by atoms with Gasteiger partial charge in [-0.3, -0.25) is 9.69 Å². The number of carbonyl (C=O) groups is 1. The molecule has 144 valence electrons. The second kappa shape index (κ2) is 8.86. The van der Waals surface area contributed by atoms with E-state index < -0.39 is 0 Å². The Morgan fingerprint density at radius 2 is 1.81 bits per heavy atom. The van der Waals surface area contributed by atoms with Crippen LogP contribution in [-0.2, 0) is 11.3 Å². The summed E-state index contributed by atoms with van der Waals surface area (Å²) in [5, 5.41) is 0. The van der Waals surface area contributed by atoms with Crippen LogP contribution in [0, 0.1) is 5.82 Å². The van der Waals surface area contributed by atoms with Gasteiger partial charge in [0.1, 0.15) is 11.6 Å². The molecule has 0 bridgehead atoms. The summed E-state index contributed by atoms with van der Waals surface area (Å²) < 4.78 is 18.3. The van der Waals surface area contributed by atoms with Crippen molar-refractivity contribution in [2.45, 2.75) is 6.54 Å². The zero-order valence-corrected chi connectivity index (χ0v) is 15.9. The Morgan fingerprint density at radius 3 is 2.48 bits per heavy atom. The van der Waals surface area contributed by atoms with Crippen LogP contribution in [0.1, 0.15) is 5.56 Å². The number of likely N-dealkylation sites (N-methyl/N-ethyl adjacent to an activating group) is 1. The Hall–Kier alpha value is -2.60. The minimum Gasteiger partial charge on any atom is -0.497 e. The third kappa shape index (κ3) is 5.20. The first-order valence-electron chi connectivity index (χ1n) is 9.15. The van der Waals surface area contributed by atoms with Gasteiger partial charge >= 0.3 is 0 Å². The SMILES string of the molecule is COc1cccc(CN(C)C(=O)CN2CCN(c3ccc(F)cc3)CC2)c1. The summed E-state index contributed by atoms with van der Waals surface area (Å²) >= 11 is 0. The van der Waals surface area contributed by atoms with Crippen molar-refractivity contribution >= 4 is 11.6 Å². The molecule has 2 aromatic rings. The fraction of sp³-hybridized carbons (Fsp3) is 0.381. The lowest BCUT2D eigenvalue weighted by atomic mass is 10.2. The fourth-order valence-corrected chi connectivity index (χ4v) is 3.26. The van der Waals surface area contributed by atoms with E-state index in [1.165, 1.54) is 12.1 Å². The van der Waals surface area contributed by atoms with E-state index in [1.807, 2.05) is 31.3 Å². The molecule has 1 aliphatic rings. The van der Waals surface area contributed by atoms with Gasteiger partial charge in [-0.05, 0) is 42.0 Å². The molecule has 1 amide bonds. The molecule has 27 heavy (non-hydrogen) atoms. The molecule has 0 atom stereocenters. The van der Waals surface area contributed by atoms with Crippen LogP contribution in [0.2, 0.25) is 0 Å². The lowest BCUT2D eigenvalue weighted by Crippen LogP contribution is -2.49. The number of piperazine rings is 1. The van der Waals surface area contributed by atoms with Crippen molar-refractivity contribution < 1.29 is 13.9 Å². The van der Waals surface area contributed by atoms with E-state index in [4.69, 9.17) is 4.74 Å². The molecular formula is C21H26FN3O2. The molecule has 2 aromatic carbocycles. The highest BCUT2D eigenvalue weighted by atomic mass is 19.1. The van der Waals surface area contributed by atoms with Crippen molar-refractivity contribution in [2.75, 3.05) is 51.8 Å². The number of nitrogens with zero attached hydrogens (tertiary/aromatic N) is 3. The predicted molar refractivity (Wildman–Crippen MR) is 105 cm³/mol. The van der Waals surface area contributed by atoms with Gasteiger partial charge in [-0.15, -0.1) is 0 Å². The van der Waals surface area contributed by atoms with Crippen molar-refractivity contribution in [1.29, 1.82) is 0 Å². The second-order valence-electron chi connectivity index (χ2n) is 6.84. The molecule has 3 rings (SSSR count). The van der Waals surface area contributed by atoms with Crippen LogP contribution >= 0.6 is 0 Å². The largest absolute Gasteiger partial charge is 0.497 e. The summed E-state index contributed by atoms with van der Waals surface area (Å²) in [5.74, 6) is 0.681. The van der Waals surface area contributed by atoms with Crippen LogP contribution in [-0.4, -0.2) is 62.6 Å². The fourth-order valence-electron chi connectivity index (χ4n) is 3.26. The second-order valence-corrected chi connectivity index (χ2v) is 6.84. The molecule has 0 unspecified atom stereocenters. The van der Waals surface area contributed by atoms with E-state index in [9.17, 15) is 9.18 Å². The van der Waals surface area contributed by atoms with E-state index in [-0.39, 0.29) is 11.7 Å². The Balaban J connectivity index is 1.47. The van der Waals surface area contributed by atoms with Crippen LogP contribution in [0.25, 0.3) is 0 Å². The van der Waals surface area contributed by atoms with Crippen molar-refractivity contribution in [1.82, 2.24) is 9.80 Å². The van der Waals surface area contributed by atoms with Crippen LogP contribution in [0.3, 0.4) is 0 Å². The molecule has 6 heteroatoms. The van der Waals surface area contributed by atoms with E-state index in [1.54, 1.807) is 24.1 Å². The summed E-state index contributed by atoms with van der Waals surface area (Å²) in [6.07, 6.45) is 0. The number of halogens is 1. The molecule has 0 aromatic heterocycles. The highest BCUT2D eigenvalue weighted by Gasteiger charge is 2.21. The van der Waals surface area contributed by atoms with E-state index in [2.05, 4.69) is 9.80 Å². The minimum absolute atomic E-state index is 0.105. The van der Waals surface area contributed by atoms with Crippen molar-refractivity contribution in [3.63, 3.8) is 0 Å². The van der Waals surface area contributed by atoms with Gasteiger partial charge in [0, 0.05) is 45.5 Å². The number of rotatable bonds is 6. The summed E-state index contributed by atoms with van der Waals surface area (Å²) in [4.78, 5) is 18.7. The Bertz CT molecular complexity index is 758. The lowest BCUT2D eigenvalue weighted by Gasteiger charge is -2.36. The molecule has 0 N–H and O–H groups in total. The van der Waals surface area contributed by atoms with Gasteiger partial charge in [-0.1, -0.05) is 12.1 Å². The standard InChI is InChI=1S/C21H26FN3O2/c1-23(15-17-4-3-5-20(14-17)27-2)21(26)16-24-10-12-25(13-11-24)19-8-6-18(22)7-9-19/h3-9,14H,10-13,15-16H2,1-2H3. The highest BCUT2D eigenvalue weighted by Crippen LogP contribution is 2.17. The van der Waals surface area contributed by atoms with Crippen molar-refractivity contribution in [3.8, 4) is 5.75 Å². The molecule has 5 nitrogen and oxygen atoms in total. The average molecular weight is 371 g/mol. The molecule has 0 saturated carbocycles. The van der Waals surface area contributed by atoms with E-state index in [0.29, 0.717) is 13.1 Å². The number of carbonyl (C=O) groups excluding carboxylic acids is 1. The maximum atomic E-state index is 13.1. The van der Waals surface area contributed by atoms with Gasteiger partial charge in [-0.25, -0.2) is 4.39 Å². The first-order valence-corrected chi connectivity index (χ1v) is 9.15. The van der Waals surface area contributed by atoms with Gasteiger partial charge in [0.2, 0.25) is 5.91 Å². The summed E-state index contributed by atoms with van der Waals surface area (Å²) in [6, 6.07) is 14.3. The number of hydrogen-bond acceptors (Lipinski definition) is 4. The monoisotopic (exact) mass is 371 g/mol. The zero-order valence-electron chi connectivity index (χ0n) is 15.9. The molecule has 1 fully saturated rings. The molecule has 0 aliphatic carbocycles. The molecule has 0 radical (unpaired) electrons. The van der Waals surface area contributed by atoms with Gasteiger partial charge < -0.3 is 14.5 Å². The highest BCUT2D eigenvalue weighted by molar-refractivity contribution is 5.78. The summed E-state index contributed by atoms with van der Waals surface area (Å²) in [7, 11) is 3.47. The molecule has 0 spiro atoms. The normalized spacial score (nSPS) is 14.9. The van der Waals surface area contributed by atoms with Crippen molar-refractivity contribution in [3.05, 3.63) is 59.9 Å². The first kappa shape index (κ1) is 19.2. The molecule has 1 saturated heterocycles. The van der Waals surface area contributed by atoms with E-state index in [0.717, 1.165) is 43.2 Å². The number of amides is 1. The molecule has 1 heterocycles. The Morgan fingerprint density at radius 1 is 1.11 bits per heavy atom. The Labute approximate surface area is 159 Å². The van der Waals surface area contributed by atoms with Crippen LogP contribution in [0.5, 0.6) is 5.75 Å². The third-order valence-corrected chi connectivity index (χ3v) is 4.90. The first-order chi connectivity index (χ1) is 13.0. The van der Waals surface area contributed by atoms with Gasteiger partial charge in [0.05, 0.1) is 13.7 Å². The zero-order chi connectivity index (χ0) is 19.2. The quantitative estimate of drug-likeness (QED) is 0.782. The Kier molecular flexibility index (Phi) is 6.29. The van der Waals surface area contributed by atoms with Gasteiger partial charge in [0.25, 0.3) is 0 Å². The number of ether oxygens (including phenoxy) is 1. The maximum absolute atomic E-state index is 13.1. The van der Waals surface area contributed by atoms with Crippen molar-refractivity contribution in [2.24, 2.45) is 0 Å². The van der Waals surface area contributed by atoms with Crippen LogP contribution in [0.4, 0.5) is 10.1 Å².